The quantitative estimate of drug-likeness (QED) is 0.329. The van der Waals surface area contributed by atoms with Gasteiger partial charge in [0.15, 0.2) is 0 Å². The predicted octanol–water partition coefficient (Wildman–Crippen LogP) is -3.08. The van der Waals surface area contributed by atoms with Crippen LogP contribution in [-0.4, -0.2) is 29.6 Å². The zero-order valence-corrected chi connectivity index (χ0v) is 12.5. The molecule has 1 N–H and O–H groups in total. The Bertz CT molecular complexity index is 267. The van der Waals surface area contributed by atoms with Gasteiger partial charge in [0.1, 0.15) is 0 Å². The molecule has 0 fully saturated rings. The number of hydrogen-bond acceptors (Lipinski definition) is 5. The van der Waals surface area contributed by atoms with Gasteiger partial charge in [-0.15, -0.1) is 0 Å². The van der Waals surface area contributed by atoms with Crippen molar-refractivity contribution in [2.24, 2.45) is 0 Å². The number of rotatable bonds is 4. The average Bonchev–Trinajstić information content (AvgIpc) is 2.30. The van der Waals surface area contributed by atoms with E-state index in [1.54, 1.807) is 6.92 Å². The van der Waals surface area contributed by atoms with E-state index in [0.29, 0.717) is 6.61 Å². The molecule has 0 unspecified atom stereocenters. The second-order valence-electron chi connectivity index (χ2n) is 2.02. The molecule has 0 spiro atoms. The summed E-state index contributed by atoms with van der Waals surface area (Å²) in [5.74, 6) is -2.57. The summed E-state index contributed by atoms with van der Waals surface area (Å²) in [5, 5.41) is 16.7. The first-order valence-electron chi connectivity index (χ1n) is 4.33. The third-order valence-corrected chi connectivity index (χ3v) is 0.795. The van der Waals surface area contributed by atoms with Gasteiger partial charge in [-0.3, -0.25) is 0 Å². The minimum Gasteiger partial charge on any atom is -0.545 e. The molecule has 0 aliphatic carbocycles. The number of carbonyl (C=O) groups excluding carboxylic acids is 2. The first-order valence-corrected chi connectivity index (χ1v) is 4.33. The Kier molecular flexibility index (Phi) is 29.7. The predicted molar refractivity (Wildman–Crippen MR) is 59.9 cm³/mol. The van der Waals surface area contributed by atoms with E-state index in [1.807, 2.05) is 0 Å². The molecular formula is C11H15NaO6. The number of aliphatic carboxylic acids is 2. The summed E-state index contributed by atoms with van der Waals surface area (Å²) in [7, 11) is 0. The molecule has 0 amide bonds. The van der Waals surface area contributed by atoms with Crippen LogP contribution in [0.15, 0.2) is 38.0 Å². The zero-order chi connectivity index (χ0) is 14.3. The summed E-state index contributed by atoms with van der Waals surface area (Å²) < 4.78 is 4.43. The van der Waals surface area contributed by atoms with Gasteiger partial charge in [0.05, 0.1) is 12.6 Å². The van der Waals surface area contributed by atoms with Crippen LogP contribution in [0.3, 0.4) is 0 Å². The molecule has 18 heavy (non-hydrogen) atoms. The summed E-state index contributed by atoms with van der Waals surface area (Å²) in [5.41, 5.74) is 0. The fourth-order valence-electron chi connectivity index (χ4n) is 0.201. The Morgan fingerprint density at radius 1 is 1.17 bits per heavy atom. The number of esters is 1. The normalized spacial score (nSPS) is 6.50. The maximum Gasteiger partial charge on any atom is 1.00 e. The van der Waals surface area contributed by atoms with Crippen LogP contribution in [0.2, 0.25) is 0 Å². The van der Waals surface area contributed by atoms with Crippen LogP contribution in [0.4, 0.5) is 0 Å². The molecule has 0 saturated carbocycles. The van der Waals surface area contributed by atoms with Crippen LogP contribution >= 0.6 is 0 Å². The Labute approximate surface area is 128 Å². The SMILES string of the molecule is C=CC(=O)O.C=CC(=O)OCC.C=CC(=O)[O-].[Na+]. The molecule has 0 atom stereocenters. The average molecular weight is 266 g/mol. The summed E-state index contributed by atoms with van der Waals surface area (Å²) in [6.45, 7) is 11.2. The standard InChI is InChI=1S/C5H8O2.2C3H4O2.Na/c1-3-5(6)7-4-2;2*1-2-3(4)5;/h3H,1,4H2,2H3;2*2H,1H2,(H,4,5);/q;;;+1/p-1. The number of hydrogen-bond donors (Lipinski definition) is 1. The topological polar surface area (TPSA) is 104 Å². The van der Waals surface area contributed by atoms with E-state index in [-0.39, 0.29) is 35.5 Å². The molecule has 0 saturated heterocycles. The van der Waals surface area contributed by atoms with Gasteiger partial charge in [0.2, 0.25) is 0 Å². The van der Waals surface area contributed by atoms with Gasteiger partial charge in [0, 0.05) is 12.2 Å². The van der Waals surface area contributed by atoms with Gasteiger partial charge >= 0.3 is 41.5 Å². The first kappa shape index (κ1) is 25.5. The monoisotopic (exact) mass is 266 g/mol. The van der Waals surface area contributed by atoms with Gasteiger partial charge in [-0.25, -0.2) is 9.59 Å². The summed E-state index contributed by atoms with van der Waals surface area (Å²) in [4.78, 5) is 28.5. The van der Waals surface area contributed by atoms with E-state index in [4.69, 9.17) is 15.0 Å². The first-order chi connectivity index (χ1) is 7.85. The van der Waals surface area contributed by atoms with Gasteiger partial charge in [-0.1, -0.05) is 19.7 Å². The summed E-state index contributed by atoms with van der Waals surface area (Å²) in [6.07, 6.45) is 2.70. The van der Waals surface area contributed by atoms with Gasteiger partial charge in [-0.2, -0.15) is 0 Å². The largest absolute Gasteiger partial charge is 1.00 e. The minimum atomic E-state index is -1.23. The van der Waals surface area contributed by atoms with Gasteiger partial charge < -0.3 is 19.7 Å². The maximum absolute atomic E-state index is 10.1. The van der Waals surface area contributed by atoms with E-state index >= 15 is 0 Å². The van der Waals surface area contributed by atoms with Crippen molar-refractivity contribution < 1.29 is 58.9 Å². The molecule has 0 aliphatic rings. The second-order valence-corrected chi connectivity index (χ2v) is 2.02. The molecule has 0 rings (SSSR count). The Balaban J connectivity index is -0.0000000813. The van der Waals surface area contributed by atoms with Crippen LogP contribution in [0.1, 0.15) is 6.92 Å². The number of ether oxygens (including phenoxy) is 1. The van der Waals surface area contributed by atoms with Crippen molar-refractivity contribution in [3.63, 3.8) is 0 Å². The molecule has 0 aromatic rings. The van der Waals surface area contributed by atoms with Crippen molar-refractivity contribution in [3.05, 3.63) is 38.0 Å². The van der Waals surface area contributed by atoms with Gasteiger partial charge in [0.25, 0.3) is 0 Å². The fourth-order valence-corrected chi connectivity index (χ4v) is 0.201. The van der Waals surface area contributed by atoms with Crippen molar-refractivity contribution in [2.75, 3.05) is 6.61 Å². The van der Waals surface area contributed by atoms with E-state index in [0.717, 1.165) is 18.2 Å². The Morgan fingerprint density at radius 2 is 1.50 bits per heavy atom. The Morgan fingerprint density at radius 3 is 1.56 bits per heavy atom. The van der Waals surface area contributed by atoms with Crippen LogP contribution < -0.4 is 34.7 Å². The second kappa shape index (κ2) is 21.0. The van der Waals surface area contributed by atoms with Crippen LogP contribution in [-0.2, 0) is 19.1 Å². The van der Waals surface area contributed by atoms with E-state index in [2.05, 4.69) is 24.5 Å². The van der Waals surface area contributed by atoms with Crippen LogP contribution in [0, 0.1) is 0 Å². The third-order valence-electron chi connectivity index (χ3n) is 0.795. The molecule has 0 radical (unpaired) electrons. The minimum absolute atomic E-state index is 0. The van der Waals surface area contributed by atoms with Gasteiger partial charge in [-0.05, 0) is 13.0 Å². The molecule has 0 bridgehead atoms. The molecule has 0 aliphatic heterocycles. The van der Waals surface area contributed by atoms with E-state index < -0.39 is 11.9 Å². The van der Waals surface area contributed by atoms with E-state index in [9.17, 15) is 9.59 Å². The van der Waals surface area contributed by atoms with E-state index in [1.165, 1.54) is 0 Å². The zero-order valence-electron chi connectivity index (χ0n) is 10.5. The van der Waals surface area contributed by atoms with Crippen LogP contribution in [0.5, 0.6) is 0 Å². The molecule has 6 nitrogen and oxygen atoms in total. The van der Waals surface area contributed by atoms with Crippen molar-refractivity contribution in [1.82, 2.24) is 0 Å². The fraction of sp³-hybridized carbons (Fsp3) is 0.182. The summed E-state index contributed by atoms with van der Waals surface area (Å²) in [6, 6.07) is 0. The molecule has 0 aromatic carbocycles. The van der Waals surface area contributed by atoms with Crippen molar-refractivity contribution in [1.29, 1.82) is 0 Å². The molecule has 0 aromatic heterocycles. The number of carboxylic acids is 2. The van der Waals surface area contributed by atoms with Crippen molar-refractivity contribution in [2.45, 2.75) is 6.92 Å². The summed E-state index contributed by atoms with van der Waals surface area (Å²) >= 11 is 0. The molecule has 0 heterocycles. The molecule has 96 valence electrons. The van der Waals surface area contributed by atoms with Crippen LogP contribution in [0.25, 0.3) is 0 Å². The van der Waals surface area contributed by atoms with Crippen molar-refractivity contribution >= 4 is 17.9 Å². The molecular weight excluding hydrogens is 251 g/mol. The molecule has 7 heteroatoms. The smallest absolute Gasteiger partial charge is 0.545 e. The number of carbonyl (C=O) groups is 3. The maximum atomic E-state index is 10.1. The third kappa shape index (κ3) is 46.7. The van der Waals surface area contributed by atoms with Crippen molar-refractivity contribution in [3.8, 4) is 0 Å². The Hall–Kier alpha value is -1.37. The number of carboxylic acid groups (broad SMARTS) is 2.